The smallest absolute Gasteiger partial charge is 0.255 e. The van der Waals surface area contributed by atoms with Gasteiger partial charge >= 0.3 is 0 Å². The van der Waals surface area contributed by atoms with E-state index >= 15 is 0 Å². The van der Waals surface area contributed by atoms with E-state index < -0.39 is 0 Å². The van der Waals surface area contributed by atoms with Crippen LogP contribution in [0.3, 0.4) is 0 Å². The van der Waals surface area contributed by atoms with Crippen molar-refractivity contribution in [2.45, 2.75) is 19.8 Å². The molecule has 0 radical (unpaired) electrons. The maximum atomic E-state index is 12.6. The molecule has 0 fully saturated rings. The Morgan fingerprint density at radius 3 is 2.96 bits per heavy atom. The molecule has 1 aliphatic heterocycles. The Morgan fingerprint density at radius 2 is 2.08 bits per heavy atom. The van der Waals surface area contributed by atoms with Crippen molar-refractivity contribution >= 4 is 28.2 Å². The fourth-order valence-electron chi connectivity index (χ4n) is 3.46. The van der Waals surface area contributed by atoms with Crippen molar-refractivity contribution in [3.05, 3.63) is 65.9 Å². The highest BCUT2D eigenvalue weighted by molar-refractivity contribution is 6.05. The van der Waals surface area contributed by atoms with E-state index in [1.807, 2.05) is 42.5 Å². The zero-order chi connectivity index (χ0) is 17.2. The molecule has 1 aliphatic rings. The largest absolute Gasteiger partial charge is 0.371 e. The first kappa shape index (κ1) is 15.6. The van der Waals surface area contributed by atoms with Crippen molar-refractivity contribution in [2.75, 3.05) is 23.3 Å². The SMILES string of the molecule is CCCN1CCc2cc(C(=O)Nc3cnc4ccccc4c3)ccc21. The summed E-state index contributed by atoms with van der Waals surface area (Å²) in [4.78, 5) is 19.4. The predicted molar refractivity (Wildman–Crippen MR) is 102 cm³/mol. The highest BCUT2D eigenvalue weighted by atomic mass is 16.1. The van der Waals surface area contributed by atoms with E-state index in [0.717, 1.165) is 42.5 Å². The summed E-state index contributed by atoms with van der Waals surface area (Å²) in [6.07, 6.45) is 3.85. The lowest BCUT2D eigenvalue weighted by atomic mass is 10.1. The van der Waals surface area contributed by atoms with E-state index in [1.54, 1.807) is 6.20 Å². The Bertz CT molecular complexity index is 935. The van der Waals surface area contributed by atoms with Crippen LogP contribution < -0.4 is 10.2 Å². The van der Waals surface area contributed by atoms with Crippen LogP contribution >= 0.6 is 0 Å². The molecule has 0 saturated carbocycles. The quantitative estimate of drug-likeness (QED) is 0.777. The number of anilines is 2. The Morgan fingerprint density at radius 1 is 1.20 bits per heavy atom. The molecule has 0 unspecified atom stereocenters. The van der Waals surface area contributed by atoms with Crippen LogP contribution in [0.15, 0.2) is 54.7 Å². The highest BCUT2D eigenvalue weighted by Gasteiger charge is 2.19. The van der Waals surface area contributed by atoms with Crippen molar-refractivity contribution in [2.24, 2.45) is 0 Å². The number of pyridine rings is 1. The number of rotatable bonds is 4. The number of nitrogens with one attached hydrogen (secondary N) is 1. The van der Waals surface area contributed by atoms with Gasteiger partial charge in [0.25, 0.3) is 5.91 Å². The third kappa shape index (κ3) is 3.07. The number of hydrogen-bond donors (Lipinski definition) is 1. The second-order valence-corrected chi connectivity index (χ2v) is 6.45. The lowest BCUT2D eigenvalue weighted by Crippen LogP contribution is -2.20. The molecule has 0 atom stereocenters. The molecule has 126 valence electrons. The zero-order valence-corrected chi connectivity index (χ0v) is 14.3. The summed E-state index contributed by atoms with van der Waals surface area (Å²) in [6.45, 7) is 4.31. The first-order valence-corrected chi connectivity index (χ1v) is 8.78. The summed E-state index contributed by atoms with van der Waals surface area (Å²) in [5, 5.41) is 3.98. The Kier molecular flexibility index (Phi) is 4.10. The summed E-state index contributed by atoms with van der Waals surface area (Å²) >= 11 is 0. The third-order valence-corrected chi connectivity index (χ3v) is 4.68. The first-order valence-electron chi connectivity index (χ1n) is 8.78. The molecule has 1 N–H and O–H groups in total. The second-order valence-electron chi connectivity index (χ2n) is 6.45. The molecule has 2 aromatic carbocycles. The van der Waals surface area contributed by atoms with E-state index in [1.165, 1.54) is 11.3 Å². The average Bonchev–Trinajstić information content (AvgIpc) is 3.04. The lowest BCUT2D eigenvalue weighted by molar-refractivity contribution is 0.102. The van der Waals surface area contributed by atoms with Crippen LogP contribution in [0.5, 0.6) is 0 Å². The van der Waals surface area contributed by atoms with Gasteiger partial charge in [-0.3, -0.25) is 9.78 Å². The lowest BCUT2D eigenvalue weighted by Gasteiger charge is -2.18. The van der Waals surface area contributed by atoms with E-state index in [9.17, 15) is 4.79 Å². The predicted octanol–water partition coefficient (Wildman–Crippen LogP) is 4.26. The van der Waals surface area contributed by atoms with Crippen LogP contribution in [-0.2, 0) is 6.42 Å². The summed E-state index contributed by atoms with van der Waals surface area (Å²) in [5.41, 5.74) is 4.87. The van der Waals surface area contributed by atoms with Gasteiger partial charge in [-0.05, 0) is 48.7 Å². The topological polar surface area (TPSA) is 45.2 Å². The average molecular weight is 331 g/mol. The minimum absolute atomic E-state index is 0.0891. The van der Waals surface area contributed by atoms with Gasteiger partial charge in [-0.1, -0.05) is 25.1 Å². The highest BCUT2D eigenvalue weighted by Crippen LogP contribution is 2.29. The Balaban J connectivity index is 1.54. The molecule has 25 heavy (non-hydrogen) atoms. The van der Waals surface area contributed by atoms with Crippen LogP contribution in [0.2, 0.25) is 0 Å². The molecular formula is C21H21N3O. The van der Waals surface area contributed by atoms with E-state index in [0.29, 0.717) is 5.56 Å². The van der Waals surface area contributed by atoms with Crippen LogP contribution in [0.1, 0.15) is 29.3 Å². The second kappa shape index (κ2) is 6.55. The fraction of sp³-hybridized carbons (Fsp3) is 0.238. The molecule has 1 amide bonds. The monoisotopic (exact) mass is 331 g/mol. The summed E-state index contributed by atoms with van der Waals surface area (Å²) < 4.78 is 0. The number of fused-ring (bicyclic) bond motifs is 2. The Hall–Kier alpha value is -2.88. The van der Waals surface area contributed by atoms with E-state index in [4.69, 9.17) is 0 Å². The minimum Gasteiger partial charge on any atom is -0.371 e. The number of benzene rings is 2. The third-order valence-electron chi connectivity index (χ3n) is 4.68. The van der Waals surface area contributed by atoms with Gasteiger partial charge in [0.05, 0.1) is 17.4 Å². The number of amides is 1. The van der Waals surface area contributed by atoms with Crippen molar-refractivity contribution in [3.63, 3.8) is 0 Å². The maximum absolute atomic E-state index is 12.6. The standard InChI is InChI=1S/C21H21N3O/c1-2-10-24-11-9-16-12-17(7-8-20(16)24)21(25)23-18-13-15-5-3-4-6-19(15)22-14-18/h3-8,12-14H,2,9-11H2,1H3,(H,23,25). The number of hydrogen-bond acceptors (Lipinski definition) is 3. The normalized spacial score (nSPS) is 13.1. The number of aromatic nitrogens is 1. The fourth-order valence-corrected chi connectivity index (χ4v) is 3.46. The molecule has 4 heteroatoms. The van der Waals surface area contributed by atoms with E-state index in [-0.39, 0.29) is 5.91 Å². The van der Waals surface area contributed by atoms with Gasteiger partial charge in [-0.2, -0.15) is 0 Å². The molecular weight excluding hydrogens is 310 g/mol. The van der Waals surface area contributed by atoms with Crippen LogP contribution in [0.25, 0.3) is 10.9 Å². The van der Waals surface area contributed by atoms with Crippen molar-refractivity contribution < 1.29 is 4.79 Å². The van der Waals surface area contributed by atoms with Crippen molar-refractivity contribution in [1.82, 2.24) is 4.98 Å². The molecule has 0 aliphatic carbocycles. The van der Waals surface area contributed by atoms with Gasteiger partial charge < -0.3 is 10.2 Å². The summed E-state index contributed by atoms with van der Waals surface area (Å²) in [6, 6.07) is 15.9. The van der Waals surface area contributed by atoms with Gasteiger partial charge in [0.15, 0.2) is 0 Å². The molecule has 4 nitrogen and oxygen atoms in total. The maximum Gasteiger partial charge on any atom is 0.255 e. The van der Waals surface area contributed by atoms with E-state index in [2.05, 4.69) is 28.2 Å². The molecule has 0 bridgehead atoms. The molecule has 0 spiro atoms. The Labute approximate surface area is 147 Å². The van der Waals surface area contributed by atoms with Crippen LogP contribution in [-0.4, -0.2) is 24.0 Å². The number of carbonyl (C=O) groups excluding carboxylic acids is 1. The van der Waals surface area contributed by atoms with Gasteiger partial charge in [0.1, 0.15) is 0 Å². The molecule has 2 heterocycles. The van der Waals surface area contributed by atoms with Gasteiger partial charge in [-0.15, -0.1) is 0 Å². The minimum atomic E-state index is -0.0891. The molecule has 3 aromatic rings. The number of carbonyl (C=O) groups is 1. The van der Waals surface area contributed by atoms with Crippen molar-refractivity contribution in [3.8, 4) is 0 Å². The van der Waals surface area contributed by atoms with Gasteiger partial charge in [-0.25, -0.2) is 0 Å². The van der Waals surface area contributed by atoms with Gasteiger partial charge in [0, 0.05) is 29.7 Å². The van der Waals surface area contributed by atoms with Crippen LogP contribution in [0, 0.1) is 0 Å². The number of nitrogens with zero attached hydrogens (tertiary/aromatic N) is 2. The molecule has 4 rings (SSSR count). The molecule has 1 aromatic heterocycles. The first-order chi connectivity index (χ1) is 12.2. The van der Waals surface area contributed by atoms with Crippen LogP contribution in [0.4, 0.5) is 11.4 Å². The molecule has 0 saturated heterocycles. The zero-order valence-electron chi connectivity index (χ0n) is 14.3. The summed E-state index contributed by atoms with van der Waals surface area (Å²) in [7, 11) is 0. The number of para-hydroxylation sites is 1. The van der Waals surface area contributed by atoms with Gasteiger partial charge in [0.2, 0.25) is 0 Å². The summed E-state index contributed by atoms with van der Waals surface area (Å²) in [5.74, 6) is -0.0891. The van der Waals surface area contributed by atoms with Crippen molar-refractivity contribution in [1.29, 1.82) is 0 Å².